The van der Waals surface area contributed by atoms with Gasteiger partial charge in [-0.1, -0.05) is 25.6 Å². The molecule has 0 aliphatic rings. The molecule has 28 heavy (non-hydrogen) atoms. The zero-order chi connectivity index (χ0) is 20.1. The van der Waals surface area contributed by atoms with E-state index >= 15 is 0 Å². The Morgan fingerprint density at radius 3 is 2.71 bits per heavy atom. The first kappa shape index (κ1) is 20.3. The molecular weight excluding hydrogens is 376 g/mol. The van der Waals surface area contributed by atoms with Gasteiger partial charge in [0.15, 0.2) is 5.16 Å². The first-order chi connectivity index (χ1) is 13.5. The molecule has 0 aromatic carbocycles. The quantitative estimate of drug-likeness (QED) is 0.438. The molecule has 0 atom stereocenters. The minimum Gasteiger partial charge on any atom is -0.467 e. The molecule has 7 nitrogen and oxygen atoms in total. The fraction of sp³-hybridized carbons (Fsp3) is 0.450. The van der Waals surface area contributed by atoms with E-state index in [2.05, 4.69) is 23.8 Å². The third-order valence-electron chi connectivity index (χ3n) is 4.40. The average Bonchev–Trinajstić information content (AvgIpc) is 3.31. The van der Waals surface area contributed by atoms with Crippen molar-refractivity contribution in [3.8, 4) is 0 Å². The molecule has 0 fully saturated rings. The maximum Gasteiger partial charge on any atom is 0.278 e. The van der Waals surface area contributed by atoms with Crippen LogP contribution >= 0.6 is 11.8 Å². The predicted molar refractivity (Wildman–Crippen MR) is 111 cm³/mol. The molecule has 3 heterocycles. The van der Waals surface area contributed by atoms with Crippen molar-refractivity contribution in [2.45, 2.75) is 45.3 Å². The fourth-order valence-electron chi connectivity index (χ4n) is 3.14. The fourth-order valence-corrected chi connectivity index (χ4v) is 4.04. The number of thioether (sulfide) groups is 1. The molecule has 150 valence electrons. The highest BCUT2D eigenvalue weighted by Gasteiger charge is 2.18. The van der Waals surface area contributed by atoms with Crippen molar-refractivity contribution in [1.29, 1.82) is 0 Å². The van der Waals surface area contributed by atoms with Crippen LogP contribution in [0.15, 0.2) is 38.8 Å². The molecule has 0 aliphatic carbocycles. The van der Waals surface area contributed by atoms with E-state index in [1.54, 1.807) is 16.9 Å². The van der Waals surface area contributed by atoms with E-state index in [9.17, 15) is 9.59 Å². The summed E-state index contributed by atoms with van der Waals surface area (Å²) in [5.74, 6) is 0.982. The van der Waals surface area contributed by atoms with Crippen molar-refractivity contribution in [3.05, 3.63) is 46.3 Å². The van der Waals surface area contributed by atoms with E-state index < -0.39 is 0 Å². The second-order valence-corrected chi connectivity index (χ2v) is 7.69. The molecular formula is C20H26N4O3S. The standard InChI is InChI=1S/C20H26N4O3S/c1-4-8-23(9-5-2)17(25)13-28-20-22-16-11-14(3)21-18(16)19(26)24(20)12-15-7-6-10-27-15/h6-7,10-11,21H,4-5,8-9,12-13H2,1-3H3. The molecule has 0 bridgehead atoms. The Kier molecular flexibility index (Phi) is 6.61. The summed E-state index contributed by atoms with van der Waals surface area (Å²) in [6.45, 7) is 7.78. The summed E-state index contributed by atoms with van der Waals surface area (Å²) in [5, 5.41) is 0.522. The van der Waals surface area contributed by atoms with Crippen molar-refractivity contribution >= 4 is 28.7 Å². The van der Waals surface area contributed by atoms with Gasteiger partial charge < -0.3 is 14.3 Å². The Hall–Kier alpha value is -2.48. The second-order valence-electron chi connectivity index (χ2n) is 6.75. The minimum atomic E-state index is -0.163. The highest BCUT2D eigenvalue weighted by atomic mass is 32.2. The number of carbonyl (C=O) groups is 1. The van der Waals surface area contributed by atoms with Crippen LogP contribution in [0.25, 0.3) is 11.0 Å². The van der Waals surface area contributed by atoms with Gasteiger partial charge in [-0.25, -0.2) is 4.98 Å². The number of fused-ring (bicyclic) bond motifs is 1. The molecule has 3 rings (SSSR count). The van der Waals surface area contributed by atoms with Gasteiger partial charge in [0.25, 0.3) is 5.56 Å². The summed E-state index contributed by atoms with van der Waals surface area (Å²) >= 11 is 1.30. The minimum absolute atomic E-state index is 0.0674. The number of aromatic nitrogens is 3. The Labute approximate surface area is 168 Å². The second kappa shape index (κ2) is 9.14. The Bertz CT molecular complexity index is 985. The van der Waals surface area contributed by atoms with Gasteiger partial charge >= 0.3 is 0 Å². The number of carbonyl (C=O) groups excluding carboxylic acids is 1. The largest absolute Gasteiger partial charge is 0.467 e. The zero-order valence-corrected chi connectivity index (χ0v) is 17.3. The lowest BCUT2D eigenvalue weighted by molar-refractivity contribution is -0.128. The van der Waals surface area contributed by atoms with Crippen molar-refractivity contribution in [3.63, 3.8) is 0 Å². The third-order valence-corrected chi connectivity index (χ3v) is 5.36. The number of amides is 1. The van der Waals surface area contributed by atoms with Crippen LogP contribution in [0.2, 0.25) is 0 Å². The highest BCUT2D eigenvalue weighted by Crippen LogP contribution is 2.20. The van der Waals surface area contributed by atoms with Gasteiger partial charge in [-0.05, 0) is 38.0 Å². The van der Waals surface area contributed by atoms with Crippen LogP contribution < -0.4 is 5.56 Å². The molecule has 3 aromatic rings. The normalized spacial score (nSPS) is 11.2. The molecule has 8 heteroatoms. The van der Waals surface area contributed by atoms with Crippen LogP contribution in [0.1, 0.15) is 38.1 Å². The van der Waals surface area contributed by atoms with Gasteiger partial charge in [-0.15, -0.1) is 0 Å². The van der Waals surface area contributed by atoms with E-state index in [0.717, 1.165) is 31.6 Å². The first-order valence-corrected chi connectivity index (χ1v) is 10.5. The lowest BCUT2D eigenvalue weighted by Gasteiger charge is -2.21. The molecule has 0 saturated carbocycles. The SMILES string of the molecule is CCCN(CCC)C(=O)CSc1nc2cc(C)[nH]c2c(=O)n1Cc1ccco1. The number of aromatic amines is 1. The van der Waals surface area contributed by atoms with Crippen LogP contribution in [0.5, 0.6) is 0 Å². The lowest BCUT2D eigenvalue weighted by atomic mass is 10.3. The van der Waals surface area contributed by atoms with E-state index in [-0.39, 0.29) is 23.8 Å². The zero-order valence-electron chi connectivity index (χ0n) is 16.5. The van der Waals surface area contributed by atoms with E-state index in [0.29, 0.717) is 22.0 Å². The monoisotopic (exact) mass is 402 g/mol. The smallest absolute Gasteiger partial charge is 0.278 e. The third kappa shape index (κ3) is 4.49. The Morgan fingerprint density at radius 1 is 1.32 bits per heavy atom. The van der Waals surface area contributed by atoms with Gasteiger partial charge in [0.2, 0.25) is 5.91 Å². The first-order valence-electron chi connectivity index (χ1n) is 9.56. The molecule has 0 saturated heterocycles. The summed E-state index contributed by atoms with van der Waals surface area (Å²) in [7, 11) is 0. The van der Waals surface area contributed by atoms with E-state index in [4.69, 9.17) is 4.42 Å². The van der Waals surface area contributed by atoms with Crippen LogP contribution in [0, 0.1) is 6.92 Å². The van der Waals surface area contributed by atoms with Crippen LogP contribution in [-0.4, -0.2) is 44.2 Å². The topological polar surface area (TPSA) is 84.1 Å². The molecule has 0 aliphatic heterocycles. The maximum atomic E-state index is 13.0. The van der Waals surface area contributed by atoms with Crippen molar-refractivity contribution in [2.75, 3.05) is 18.8 Å². The summed E-state index contributed by atoms with van der Waals surface area (Å²) in [5.41, 5.74) is 1.80. The summed E-state index contributed by atoms with van der Waals surface area (Å²) in [4.78, 5) is 35.3. The van der Waals surface area contributed by atoms with Gasteiger partial charge in [0.1, 0.15) is 11.3 Å². The van der Waals surface area contributed by atoms with Crippen LogP contribution in [0.4, 0.5) is 0 Å². The van der Waals surface area contributed by atoms with Crippen molar-refractivity contribution in [1.82, 2.24) is 19.4 Å². The number of nitrogens with one attached hydrogen (secondary N) is 1. The van der Waals surface area contributed by atoms with Gasteiger partial charge in [-0.3, -0.25) is 14.2 Å². The average molecular weight is 403 g/mol. The molecule has 0 spiro atoms. The van der Waals surface area contributed by atoms with Crippen molar-refractivity contribution in [2.24, 2.45) is 0 Å². The molecule has 1 amide bonds. The van der Waals surface area contributed by atoms with Gasteiger partial charge in [0.05, 0.1) is 24.1 Å². The van der Waals surface area contributed by atoms with E-state index in [1.165, 1.54) is 11.8 Å². The molecule has 3 aromatic heterocycles. The summed E-state index contributed by atoms with van der Waals surface area (Å²) in [6, 6.07) is 5.45. The van der Waals surface area contributed by atoms with Crippen molar-refractivity contribution < 1.29 is 9.21 Å². The highest BCUT2D eigenvalue weighted by molar-refractivity contribution is 7.99. The number of hydrogen-bond acceptors (Lipinski definition) is 5. The molecule has 0 radical (unpaired) electrons. The molecule has 0 unspecified atom stereocenters. The number of furan rings is 1. The van der Waals surface area contributed by atoms with Gasteiger partial charge in [0, 0.05) is 18.8 Å². The predicted octanol–water partition coefficient (Wildman–Crippen LogP) is 3.42. The summed E-state index contributed by atoms with van der Waals surface area (Å²) in [6.07, 6.45) is 3.42. The number of hydrogen-bond donors (Lipinski definition) is 1. The van der Waals surface area contributed by atoms with Crippen LogP contribution in [0.3, 0.4) is 0 Å². The lowest BCUT2D eigenvalue weighted by Crippen LogP contribution is -2.34. The molecule has 1 N–H and O–H groups in total. The number of aryl methyl sites for hydroxylation is 1. The maximum absolute atomic E-state index is 13.0. The Balaban J connectivity index is 1.90. The van der Waals surface area contributed by atoms with E-state index in [1.807, 2.05) is 24.0 Å². The van der Waals surface area contributed by atoms with Gasteiger partial charge in [-0.2, -0.15) is 0 Å². The number of rotatable bonds is 9. The Morgan fingerprint density at radius 2 is 2.07 bits per heavy atom. The van der Waals surface area contributed by atoms with Crippen LogP contribution in [-0.2, 0) is 11.3 Å². The summed E-state index contributed by atoms with van der Waals surface area (Å²) < 4.78 is 6.98. The number of nitrogens with zero attached hydrogens (tertiary/aromatic N) is 3. The number of H-pyrrole nitrogens is 1.